The minimum absolute atomic E-state index is 0.0666. The minimum Gasteiger partial charge on any atom is -0.374 e. The highest BCUT2D eigenvalue weighted by atomic mass is 16.7. The standard InChI is InChI=1S/C37H40O7/c1-5-13-28(14-6-1)21-38-27-33-34(40-22-29-15-7-2-8-16-29)35(41-23-30-17-9-3-10-18-30)36(37(44-33)43-26-32-25-39-32)42-24-31-19-11-4-12-20-31/h1-20,32-37H,21-27H2/t32-,33-,34-,35+,36-,37+/m1/s1. The van der Waals surface area contributed by atoms with Crippen molar-refractivity contribution in [1.29, 1.82) is 0 Å². The molecule has 7 heteroatoms. The van der Waals surface area contributed by atoms with Crippen molar-refractivity contribution in [2.45, 2.75) is 63.2 Å². The van der Waals surface area contributed by atoms with Crippen LogP contribution in [-0.4, -0.2) is 56.6 Å². The van der Waals surface area contributed by atoms with E-state index in [-0.39, 0.29) is 6.10 Å². The SMILES string of the molecule is c1ccc(COC[C@H]2O[C@H](OC[C@H]3CO3)[C@H](OCc3ccccc3)[C@@H](OCc3ccccc3)[C@@H]2OCc2ccccc2)cc1. The van der Waals surface area contributed by atoms with Crippen LogP contribution in [0.3, 0.4) is 0 Å². The molecular weight excluding hydrogens is 556 g/mol. The molecule has 0 amide bonds. The summed E-state index contributed by atoms with van der Waals surface area (Å²) >= 11 is 0. The van der Waals surface area contributed by atoms with Gasteiger partial charge in [-0.05, 0) is 22.3 Å². The van der Waals surface area contributed by atoms with E-state index in [0.29, 0.717) is 46.2 Å². The van der Waals surface area contributed by atoms with Crippen LogP contribution in [0.4, 0.5) is 0 Å². The molecule has 2 aliphatic rings. The molecule has 2 aliphatic heterocycles. The molecule has 6 rings (SSSR count). The summed E-state index contributed by atoms with van der Waals surface area (Å²) in [5.74, 6) is 0. The third-order valence-electron chi connectivity index (χ3n) is 7.69. The third-order valence-corrected chi connectivity index (χ3v) is 7.69. The van der Waals surface area contributed by atoms with Gasteiger partial charge in [0, 0.05) is 0 Å². The van der Waals surface area contributed by atoms with Gasteiger partial charge < -0.3 is 33.2 Å². The van der Waals surface area contributed by atoms with Gasteiger partial charge in [-0.2, -0.15) is 0 Å². The van der Waals surface area contributed by atoms with Crippen LogP contribution in [-0.2, 0) is 59.6 Å². The number of ether oxygens (including phenoxy) is 7. The van der Waals surface area contributed by atoms with Crippen molar-refractivity contribution in [1.82, 2.24) is 0 Å². The third kappa shape index (κ3) is 9.06. The number of rotatable bonds is 16. The molecule has 230 valence electrons. The Balaban J connectivity index is 1.26. The van der Waals surface area contributed by atoms with Crippen molar-refractivity contribution < 1.29 is 33.2 Å². The normalized spacial score (nSPS) is 24.6. The summed E-state index contributed by atoms with van der Waals surface area (Å²) in [5.41, 5.74) is 4.26. The van der Waals surface area contributed by atoms with Crippen LogP contribution in [0, 0.1) is 0 Å². The minimum atomic E-state index is -0.703. The molecule has 0 unspecified atom stereocenters. The molecule has 4 aromatic carbocycles. The Kier molecular flexibility index (Phi) is 11.2. The molecule has 44 heavy (non-hydrogen) atoms. The molecule has 0 spiro atoms. The zero-order valence-corrected chi connectivity index (χ0v) is 24.8. The van der Waals surface area contributed by atoms with Crippen LogP contribution in [0.1, 0.15) is 22.3 Å². The van der Waals surface area contributed by atoms with E-state index in [0.717, 1.165) is 22.3 Å². The summed E-state index contributed by atoms with van der Waals surface area (Å²) < 4.78 is 44.6. The van der Waals surface area contributed by atoms with Gasteiger partial charge in [-0.25, -0.2) is 0 Å². The lowest BCUT2D eigenvalue weighted by Crippen LogP contribution is -2.62. The second kappa shape index (κ2) is 16.1. The largest absolute Gasteiger partial charge is 0.374 e. The average molecular weight is 597 g/mol. The lowest BCUT2D eigenvalue weighted by atomic mass is 9.97. The Morgan fingerprint density at radius 2 is 0.909 bits per heavy atom. The fourth-order valence-electron chi connectivity index (χ4n) is 5.25. The van der Waals surface area contributed by atoms with Gasteiger partial charge in [0.25, 0.3) is 0 Å². The van der Waals surface area contributed by atoms with E-state index < -0.39 is 30.7 Å². The summed E-state index contributed by atoms with van der Waals surface area (Å²) in [6.07, 6.45) is -2.67. The molecule has 7 nitrogen and oxygen atoms in total. The quantitative estimate of drug-likeness (QED) is 0.145. The van der Waals surface area contributed by atoms with Crippen LogP contribution >= 0.6 is 0 Å². The first-order valence-electron chi connectivity index (χ1n) is 15.3. The van der Waals surface area contributed by atoms with Crippen LogP contribution in [0.15, 0.2) is 121 Å². The van der Waals surface area contributed by atoms with Gasteiger partial charge in [0.15, 0.2) is 6.29 Å². The molecule has 2 heterocycles. The molecule has 0 radical (unpaired) electrons. The lowest BCUT2D eigenvalue weighted by Gasteiger charge is -2.45. The smallest absolute Gasteiger partial charge is 0.187 e. The van der Waals surface area contributed by atoms with Crippen molar-refractivity contribution >= 4 is 0 Å². The van der Waals surface area contributed by atoms with Crippen LogP contribution in [0.5, 0.6) is 0 Å². The molecule has 2 fully saturated rings. The van der Waals surface area contributed by atoms with E-state index in [9.17, 15) is 0 Å². The first-order valence-corrected chi connectivity index (χ1v) is 15.3. The fourth-order valence-corrected chi connectivity index (χ4v) is 5.25. The van der Waals surface area contributed by atoms with E-state index in [1.165, 1.54) is 0 Å². The molecule has 0 aliphatic carbocycles. The summed E-state index contributed by atoms with van der Waals surface area (Å²) in [4.78, 5) is 0. The molecule has 6 atom stereocenters. The van der Waals surface area contributed by atoms with Crippen LogP contribution in [0.2, 0.25) is 0 Å². The first kappa shape index (κ1) is 30.6. The van der Waals surface area contributed by atoms with E-state index in [1.807, 2.05) is 97.1 Å². The molecule has 0 N–H and O–H groups in total. The monoisotopic (exact) mass is 596 g/mol. The highest BCUT2D eigenvalue weighted by molar-refractivity contribution is 5.16. The van der Waals surface area contributed by atoms with Gasteiger partial charge in [-0.15, -0.1) is 0 Å². The maximum atomic E-state index is 6.72. The summed E-state index contributed by atoms with van der Waals surface area (Å²) in [6, 6.07) is 40.4. The number of epoxide rings is 1. The second-order valence-electron chi connectivity index (χ2n) is 11.1. The molecular formula is C37H40O7. The molecule has 4 aromatic rings. The van der Waals surface area contributed by atoms with Crippen molar-refractivity contribution in [3.8, 4) is 0 Å². The Labute approximate surface area is 259 Å². The number of benzene rings is 4. The zero-order valence-electron chi connectivity index (χ0n) is 24.8. The van der Waals surface area contributed by atoms with E-state index in [4.69, 9.17) is 33.2 Å². The predicted molar refractivity (Wildman–Crippen MR) is 166 cm³/mol. The van der Waals surface area contributed by atoms with Gasteiger partial charge >= 0.3 is 0 Å². The van der Waals surface area contributed by atoms with Gasteiger partial charge in [0.2, 0.25) is 0 Å². The predicted octanol–water partition coefficient (Wildman–Crippen LogP) is 6.10. The summed E-state index contributed by atoms with van der Waals surface area (Å²) in [6.45, 7) is 3.00. The van der Waals surface area contributed by atoms with E-state index >= 15 is 0 Å². The Bertz CT molecular complexity index is 1350. The van der Waals surface area contributed by atoms with E-state index in [1.54, 1.807) is 0 Å². The van der Waals surface area contributed by atoms with E-state index in [2.05, 4.69) is 24.3 Å². The van der Waals surface area contributed by atoms with Crippen molar-refractivity contribution in [3.05, 3.63) is 144 Å². The van der Waals surface area contributed by atoms with Crippen LogP contribution in [0.25, 0.3) is 0 Å². The zero-order chi connectivity index (χ0) is 29.8. The van der Waals surface area contributed by atoms with Gasteiger partial charge in [0.05, 0.1) is 46.2 Å². The topological polar surface area (TPSA) is 67.9 Å². The number of hydrogen-bond acceptors (Lipinski definition) is 7. The van der Waals surface area contributed by atoms with Crippen molar-refractivity contribution in [2.75, 3.05) is 19.8 Å². The highest BCUT2D eigenvalue weighted by Gasteiger charge is 2.49. The second-order valence-corrected chi connectivity index (χ2v) is 11.1. The average Bonchev–Trinajstić information content (AvgIpc) is 3.92. The van der Waals surface area contributed by atoms with Crippen LogP contribution < -0.4 is 0 Å². The maximum Gasteiger partial charge on any atom is 0.187 e. The Morgan fingerprint density at radius 1 is 0.477 bits per heavy atom. The van der Waals surface area contributed by atoms with Gasteiger partial charge in [-0.3, -0.25) is 0 Å². The Morgan fingerprint density at radius 3 is 1.39 bits per heavy atom. The van der Waals surface area contributed by atoms with Gasteiger partial charge in [0.1, 0.15) is 30.5 Å². The fraction of sp³-hybridized carbons (Fsp3) is 0.351. The van der Waals surface area contributed by atoms with Gasteiger partial charge in [-0.1, -0.05) is 121 Å². The maximum absolute atomic E-state index is 6.72. The molecule has 0 aromatic heterocycles. The first-order chi connectivity index (χ1) is 21.8. The highest BCUT2D eigenvalue weighted by Crippen LogP contribution is 2.32. The molecule has 0 saturated carbocycles. The lowest BCUT2D eigenvalue weighted by molar-refractivity contribution is -0.328. The van der Waals surface area contributed by atoms with Crippen molar-refractivity contribution in [2.24, 2.45) is 0 Å². The molecule has 0 bridgehead atoms. The number of hydrogen-bond donors (Lipinski definition) is 0. The summed E-state index contributed by atoms with van der Waals surface area (Å²) in [7, 11) is 0. The summed E-state index contributed by atoms with van der Waals surface area (Å²) in [5, 5.41) is 0. The molecule has 2 saturated heterocycles. The Hall–Kier alpha value is -3.40. The van der Waals surface area contributed by atoms with Crippen molar-refractivity contribution in [3.63, 3.8) is 0 Å².